The minimum Gasteiger partial charge on any atom is -0.367 e. The molecular weight excluding hydrogens is 193 g/mol. The normalized spacial score (nSPS) is 12.5. The molecule has 0 aliphatic carbocycles. The van der Waals surface area contributed by atoms with Crippen LogP contribution in [0.2, 0.25) is 0 Å². The van der Waals surface area contributed by atoms with Crippen LogP contribution >= 0.6 is 24.0 Å². The first kappa shape index (κ1) is 9.82. The van der Waals surface area contributed by atoms with E-state index in [9.17, 15) is 0 Å². The maximum atomic E-state index is 5.07. The number of hydrogen-bond acceptors (Lipinski definition) is 2. The van der Waals surface area contributed by atoms with Crippen LogP contribution < -0.4 is 5.73 Å². The van der Waals surface area contributed by atoms with Crippen molar-refractivity contribution in [2.45, 2.75) is 13.2 Å². The van der Waals surface area contributed by atoms with E-state index < -0.39 is 0 Å². The van der Waals surface area contributed by atoms with Crippen LogP contribution in [0.25, 0.3) is 0 Å². The molecule has 0 aromatic rings. The first-order chi connectivity index (χ1) is 2.27. The highest BCUT2D eigenvalue weighted by Crippen LogP contribution is 1.66. The van der Waals surface area contributed by atoms with E-state index in [1.807, 2.05) is 0 Å². The maximum absolute atomic E-state index is 5.07. The van der Waals surface area contributed by atoms with Gasteiger partial charge in [-0.25, -0.2) is 0 Å². The summed E-state index contributed by atoms with van der Waals surface area (Å²) in [5.41, 5.74) is 5.07. The van der Waals surface area contributed by atoms with Gasteiger partial charge in [0.2, 0.25) is 0 Å². The van der Waals surface area contributed by atoms with Gasteiger partial charge in [0.15, 0.2) is 0 Å². The molecule has 0 amide bonds. The summed E-state index contributed by atoms with van der Waals surface area (Å²) < 4.78 is 4.53. The van der Waals surface area contributed by atoms with Crippen LogP contribution in [0, 0.1) is 0 Å². The lowest BCUT2D eigenvalue weighted by Crippen LogP contribution is -2.15. The Morgan fingerprint density at radius 1 is 1.67 bits per heavy atom. The van der Waals surface area contributed by atoms with E-state index in [4.69, 9.17) is 5.73 Å². The number of halogens is 1. The van der Waals surface area contributed by atoms with E-state index in [0.717, 1.165) is 0 Å². The topological polar surface area (TPSA) is 35.2 Å². The molecule has 0 heterocycles. The molecular formula is C3H10INO. The summed E-state index contributed by atoms with van der Waals surface area (Å²) in [5, 5.41) is 0. The average molecular weight is 203 g/mol. The Morgan fingerprint density at radius 2 is 1.83 bits per heavy atom. The standard InChI is InChI=1S/C3H9NO.HI/c1-3(4)5-2;/h3H,4H2,1-2H3;1H. The van der Waals surface area contributed by atoms with Gasteiger partial charge in [-0.2, -0.15) is 0 Å². The molecule has 0 aromatic heterocycles. The fourth-order valence-corrected chi connectivity index (χ4v) is 0. The van der Waals surface area contributed by atoms with Crippen molar-refractivity contribution in [3.63, 3.8) is 0 Å². The van der Waals surface area contributed by atoms with Crippen LogP contribution in [0.4, 0.5) is 0 Å². The molecule has 0 aromatic carbocycles. The van der Waals surface area contributed by atoms with Crippen LogP contribution in [0.15, 0.2) is 0 Å². The zero-order valence-corrected chi connectivity index (χ0v) is 6.30. The highest BCUT2D eigenvalue weighted by atomic mass is 127. The summed E-state index contributed by atoms with van der Waals surface area (Å²) >= 11 is 0. The van der Waals surface area contributed by atoms with Crippen molar-refractivity contribution >= 4 is 24.0 Å². The van der Waals surface area contributed by atoms with Crippen LogP contribution in [0.3, 0.4) is 0 Å². The monoisotopic (exact) mass is 203 g/mol. The Labute approximate surface area is 55.1 Å². The molecule has 0 bridgehead atoms. The molecule has 1 atom stereocenters. The Balaban J connectivity index is 0. The van der Waals surface area contributed by atoms with Gasteiger partial charge in [-0.15, -0.1) is 24.0 Å². The third-order valence-corrected chi connectivity index (χ3v) is 0.372. The first-order valence-corrected chi connectivity index (χ1v) is 1.55. The lowest BCUT2D eigenvalue weighted by atomic mass is 10.7. The number of hydrogen-bond donors (Lipinski definition) is 1. The molecule has 0 rings (SSSR count). The van der Waals surface area contributed by atoms with Crippen molar-refractivity contribution in [3.8, 4) is 0 Å². The lowest BCUT2D eigenvalue weighted by molar-refractivity contribution is 0.124. The fourth-order valence-electron chi connectivity index (χ4n) is 0. The smallest absolute Gasteiger partial charge is 0.102 e. The van der Waals surface area contributed by atoms with Crippen LogP contribution in [0.5, 0.6) is 0 Å². The van der Waals surface area contributed by atoms with E-state index in [-0.39, 0.29) is 30.2 Å². The number of nitrogens with two attached hydrogens (primary N) is 1. The molecule has 1 unspecified atom stereocenters. The molecule has 0 spiro atoms. The van der Waals surface area contributed by atoms with Gasteiger partial charge >= 0.3 is 0 Å². The molecule has 0 aliphatic heterocycles. The van der Waals surface area contributed by atoms with Crippen molar-refractivity contribution in [1.29, 1.82) is 0 Å². The van der Waals surface area contributed by atoms with Crippen molar-refractivity contribution in [1.82, 2.24) is 0 Å². The van der Waals surface area contributed by atoms with Gasteiger partial charge in [0.1, 0.15) is 6.23 Å². The van der Waals surface area contributed by atoms with E-state index in [1.54, 1.807) is 14.0 Å². The van der Waals surface area contributed by atoms with Gasteiger partial charge in [-0.05, 0) is 6.92 Å². The van der Waals surface area contributed by atoms with E-state index in [0.29, 0.717) is 0 Å². The average Bonchev–Trinajstić information content (AvgIpc) is 1.38. The summed E-state index contributed by atoms with van der Waals surface area (Å²) in [4.78, 5) is 0. The minimum absolute atomic E-state index is 0. The molecule has 0 saturated heterocycles. The van der Waals surface area contributed by atoms with E-state index >= 15 is 0 Å². The second-order valence-corrected chi connectivity index (χ2v) is 0.941. The maximum Gasteiger partial charge on any atom is 0.102 e. The molecule has 2 nitrogen and oxygen atoms in total. The third-order valence-electron chi connectivity index (χ3n) is 0.372. The Hall–Kier alpha value is 0.650. The van der Waals surface area contributed by atoms with Gasteiger partial charge < -0.3 is 10.5 Å². The first-order valence-electron chi connectivity index (χ1n) is 1.55. The van der Waals surface area contributed by atoms with Crippen LogP contribution in [-0.2, 0) is 4.74 Å². The lowest BCUT2D eigenvalue weighted by Gasteiger charge is -1.95. The van der Waals surface area contributed by atoms with Crippen molar-refractivity contribution in [3.05, 3.63) is 0 Å². The summed E-state index contributed by atoms with van der Waals surface area (Å²) in [6, 6.07) is 0. The second kappa shape index (κ2) is 5.65. The van der Waals surface area contributed by atoms with Crippen LogP contribution in [-0.4, -0.2) is 13.3 Å². The molecule has 2 N–H and O–H groups in total. The van der Waals surface area contributed by atoms with Gasteiger partial charge in [0.25, 0.3) is 0 Å². The second-order valence-electron chi connectivity index (χ2n) is 0.941. The summed E-state index contributed by atoms with van der Waals surface area (Å²) in [6.07, 6.45) is -0.116. The Bertz CT molecular complexity index is 24.8. The number of rotatable bonds is 1. The highest BCUT2D eigenvalue weighted by Gasteiger charge is 1.78. The van der Waals surface area contributed by atoms with Crippen molar-refractivity contribution < 1.29 is 4.74 Å². The van der Waals surface area contributed by atoms with Gasteiger partial charge in [-0.1, -0.05) is 0 Å². The number of methoxy groups -OCH3 is 1. The van der Waals surface area contributed by atoms with E-state index in [1.165, 1.54) is 0 Å². The zero-order chi connectivity index (χ0) is 4.28. The molecule has 0 saturated carbocycles. The predicted octanol–water partition coefficient (Wildman–Crippen LogP) is 0.556. The minimum atomic E-state index is -0.116. The molecule has 0 aliphatic rings. The summed E-state index contributed by atoms with van der Waals surface area (Å²) in [6.45, 7) is 1.78. The third kappa shape index (κ3) is 8.82. The van der Waals surface area contributed by atoms with Gasteiger partial charge in [0.05, 0.1) is 0 Å². The van der Waals surface area contributed by atoms with Crippen molar-refractivity contribution in [2.75, 3.05) is 7.11 Å². The van der Waals surface area contributed by atoms with Gasteiger partial charge in [-0.3, -0.25) is 0 Å². The number of ether oxygens (including phenoxy) is 1. The summed E-state index contributed by atoms with van der Waals surface area (Å²) in [7, 11) is 1.57. The molecule has 0 radical (unpaired) electrons. The van der Waals surface area contributed by atoms with Crippen molar-refractivity contribution in [2.24, 2.45) is 5.73 Å². The Kier molecular flexibility index (Phi) is 9.25. The SMILES string of the molecule is COC(C)N.I. The molecule has 0 fully saturated rings. The van der Waals surface area contributed by atoms with Crippen LogP contribution in [0.1, 0.15) is 6.92 Å². The highest BCUT2D eigenvalue weighted by molar-refractivity contribution is 14.0. The van der Waals surface area contributed by atoms with E-state index in [2.05, 4.69) is 4.74 Å². The van der Waals surface area contributed by atoms with Gasteiger partial charge in [0, 0.05) is 7.11 Å². The Morgan fingerprint density at radius 3 is 1.83 bits per heavy atom. The molecule has 40 valence electrons. The fraction of sp³-hybridized carbons (Fsp3) is 1.00. The molecule has 3 heteroatoms. The molecule has 6 heavy (non-hydrogen) atoms. The zero-order valence-electron chi connectivity index (χ0n) is 3.97. The largest absolute Gasteiger partial charge is 0.367 e. The summed E-state index contributed by atoms with van der Waals surface area (Å²) in [5.74, 6) is 0. The predicted molar refractivity (Wildman–Crippen MR) is 36.1 cm³/mol. The quantitative estimate of drug-likeness (QED) is 0.499.